The molecule has 5 rings (SSSR count). The fourth-order valence-electron chi connectivity index (χ4n) is 4.54. The number of nitrogens with one attached hydrogen (secondary N) is 1. The SMILES string of the molecule is O=C(Nc1ccc(S(=O)(=O)N2CCCCC2)cc1)[C@@H]1CC(=O)N(c2ccc3c(c2)OCCO3)C1. The summed E-state index contributed by atoms with van der Waals surface area (Å²) in [5.41, 5.74) is 1.16. The van der Waals surface area contributed by atoms with Gasteiger partial charge in [-0.15, -0.1) is 0 Å². The minimum absolute atomic E-state index is 0.0989. The van der Waals surface area contributed by atoms with E-state index in [1.807, 2.05) is 0 Å². The van der Waals surface area contributed by atoms with Crippen molar-refractivity contribution in [3.63, 3.8) is 0 Å². The smallest absolute Gasteiger partial charge is 0.243 e. The summed E-state index contributed by atoms with van der Waals surface area (Å²) >= 11 is 0. The summed E-state index contributed by atoms with van der Waals surface area (Å²) in [4.78, 5) is 27.3. The first-order valence-electron chi connectivity index (χ1n) is 11.5. The summed E-state index contributed by atoms with van der Waals surface area (Å²) in [6, 6.07) is 11.5. The molecule has 2 aromatic carbocycles. The summed E-state index contributed by atoms with van der Waals surface area (Å²) in [5.74, 6) is 0.294. The number of anilines is 2. The molecule has 3 heterocycles. The van der Waals surface area contributed by atoms with Crippen LogP contribution in [-0.4, -0.2) is 57.4 Å². The Labute approximate surface area is 198 Å². The van der Waals surface area contributed by atoms with E-state index in [0.29, 0.717) is 49.2 Å². The Hall–Kier alpha value is -3.11. The first-order valence-corrected chi connectivity index (χ1v) is 13.0. The molecule has 3 aliphatic rings. The molecular formula is C24H27N3O6S. The zero-order chi connectivity index (χ0) is 23.7. The van der Waals surface area contributed by atoms with Crippen LogP contribution in [0.15, 0.2) is 47.4 Å². The number of ether oxygens (including phenoxy) is 2. The third kappa shape index (κ3) is 4.47. The number of rotatable bonds is 5. The van der Waals surface area contributed by atoms with Crippen LogP contribution in [0.3, 0.4) is 0 Å². The van der Waals surface area contributed by atoms with Crippen molar-refractivity contribution in [2.75, 3.05) is 43.1 Å². The molecule has 0 radical (unpaired) electrons. The molecule has 3 aliphatic heterocycles. The fraction of sp³-hybridized carbons (Fsp3) is 0.417. The highest BCUT2D eigenvalue weighted by atomic mass is 32.2. The highest BCUT2D eigenvalue weighted by Gasteiger charge is 2.36. The van der Waals surface area contributed by atoms with Crippen molar-refractivity contribution in [1.29, 1.82) is 0 Å². The van der Waals surface area contributed by atoms with Gasteiger partial charge in [-0.1, -0.05) is 6.42 Å². The number of sulfonamides is 1. The van der Waals surface area contributed by atoms with Gasteiger partial charge >= 0.3 is 0 Å². The molecule has 2 fully saturated rings. The lowest BCUT2D eigenvalue weighted by Gasteiger charge is -2.25. The normalized spacial score (nSPS) is 20.9. The zero-order valence-electron chi connectivity index (χ0n) is 18.7. The Morgan fingerprint density at radius 3 is 2.38 bits per heavy atom. The number of carbonyl (C=O) groups is 2. The van der Waals surface area contributed by atoms with Crippen molar-refractivity contribution in [2.24, 2.45) is 5.92 Å². The van der Waals surface area contributed by atoms with Gasteiger partial charge in [-0.2, -0.15) is 4.31 Å². The topological polar surface area (TPSA) is 105 Å². The van der Waals surface area contributed by atoms with E-state index in [2.05, 4.69) is 5.32 Å². The quantitative estimate of drug-likeness (QED) is 0.698. The number of fused-ring (bicyclic) bond motifs is 1. The fourth-order valence-corrected chi connectivity index (χ4v) is 6.06. The van der Waals surface area contributed by atoms with Gasteiger partial charge in [0, 0.05) is 43.5 Å². The average Bonchev–Trinajstić information content (AvgIpc) is 3.26. The maximum Gasteiger partial charge on any atom is 0.243 e. The number of carbonyl (C=O) groups excluding carboxylic acids is 2. The average molecular weight is 486 g/mol. The summed E-state index contributed by atoms with van der Waals surface area (Å²) in [7, 11) is -3.52. The molecular weight excluding hydrogens is 458 g/mol. The monoisotopic (exact) mass is 485 g/mol. The number of piperidine rings is 1. The second-order valence-corrected chi connectivity index (χ2v) is 10.6. The van der Waals surface area contributed by atoms with Gasteiger partial charge in [0.1, 0.15) is 13.2 Å². The standard InChI is InChI=1S/C24H27N3O6S/c28-23-14-17(16-27(23)19-6-9-21-22(15-19)33-13-12-32-21)24(29)25-18-4-7-20(8-5-18)34(30,31)26-10-2-1-3-11-26/h4-9,15,17H,1-3,10-14,16H2,(H,25,29)/t17-/m1/s1. The van der Waals surface area contributed by atoms with E-state index in [0.717, 1.165) is 19.3 Å². The molecule has 0 spiro atoms. The van der Waals surface area contributed by atoms with Crippen LogP contribution in [0.5, 0.6) is 11.5 Å². The molecule has 1 N–H and O–H groups in total. The molecule has 0 unspecified atom stereocenters. The molecule has 0 saturated carbocycles. The molecule has 1 atom stereocenters. The van der Waals surface area contributed by atoms with E-state index in [1.54, 1.807) is 35.2 Å². The van der Waals surface area contributed by atoms with Crippen molar-refractivity contribution >= 4 is 33.2 Å². The van der Waals surface area contributed by atoms with Crippen molar-refractivity contribution in [1.82, 2.24) is 4.31 Å². The lowest BCUT2D eigenvalue weighted by Crippen LogP contribution is -2.35. The maximum atomic E-state index is 12.8. The number of benzene rings is 2. The molecule has 2 aromatic rings. The molecule has 180 valence electrons. The molecule has 10 heteroatoms. The first kappa shape index (κ1) is 22.7. The second kappa shape index (κ2) is 9.27. The van der Waals surface area contributed by atoms with E-state index in [1.165, 1.54) is 16.4 Å². The minimum Gasteiger partial charge on any atom is -0.486 e. The van der Waals surface area contributed by atoms with Crippen molar-refractivity contribution in [3.05, 3.63) is 42.5 Å². The van der Waals surface area contributed by atoms with E-state index >= 15 is 0 Å². The minimum atomic E-state index is -3.52. The predicted molar refractivity (Wildman–Crippen MR) is 126 cm³/mol. The van der Waals surface area contributed by atoms with Crippen molar-refractivity contribution in [3.8, 4) is 11.5 Å². The molecule has 34 heavy (non-hydrogen) atoms. The number of hydrogen-bond acceptors (Lipinski definition) is 6. The maximum absolute atomic E-state index is 12.8. The number of hydrogen-bond donors (Lipinski definition) is 1. The molecule has 0 aliphatic carbocycles. The lowest BCUT2D eigenvalue weighted by molar-refractivity contribution is -0.122. The van der Waals surface area contributed by atoms with Gasteiger partial charge in [0.15, 0.2) is 11.5 Å². The van der Waals surface area contributed by atoms with Gasteiger partial charge < -0.3 is 19.7 Å². The van der Waals surface area contributed by atoms with Crippen LogP contribution in [0, 0.1) is 5.92 Å². The van der Waals surface area contributed by atoms with Gasteiger partial charge in [-0.3, -0.25) is 9.59 Å². The largest absolute Gasteiger partial charge is 0.486 e. The first-order chi connectivity index (χ1) is 16.4. The molecule has 2 amide bonds. The van der Waals surface area contributed by atoms with Crippen molar-refractivity contribution in [2.45, 2.75) is 30.6 Å². The Balaban J connectivity index is 1.23. The summed E-state index contributed by atoms with van der Waals surface area (Å²) < 4.78 is 38.2. The van der Waals surface area contributed by atoms with Crippen LogP contribution in [0.2, 0.25) is 0 Å². The van der Waals surface area contributed by atoms with Gasteiger partial charge in [0.25, 0.3) is 0 Å². The highest BCUT2D eigenvalue weighted by Crippen LogP contribution is 2.36. The van der Waals surface area contributed by atoms with Crippen LogP contribution >= 0.6 is 0 Å². The second-order valence-electron chi connectivity index (χ2n) is 8.71. The molecule has 0 bridgehead atoms. The molecule has 0 aromatic heterocycles. The van der Waals surface area contributed by atoms with Crippen LogP contribution in [0.25, 0.3) is 0 Å². The van der Waals surface area contributed by atoms with Crippen LogP contribution < -0.4 is 19.7 Å². The summed E-state index contributed by atoms with van der Waals surface area (Å²) in [6.07, 6.45) is 2.89. The Morgan fingerprint density at radius 2 is 1.65 bits per heavy atom. The van der Waals surface area contributed by atoms with E-state index in [-0.39, 0.29) is 29.7 Å². The Kier molecular flexibility index (Phi) is 6.18. The lowest BCUT2D eigenvalue weighted by atomic mass is 10.1. The molecule has 9 nitrogen and oxygen atoms in total. The molecule has 2 saturated heterocycles. The Bertz CT molecular complexity index is 1190. The third-order valence-corrected chi connectivity index (χ3v) is 8.32. The van der Waals surface area contributed by atoms with E-state index in [9.17, 15) is 18.0 Å². The van der Waals surface area contributed by atoms with Crippen LogP contribution in [0.1, 0.15) is 25.7 Å². The number of amides is 2. The van der Waals surface area contributed by atoms with E-state index in [4.69, 9.17) is 9.47 Å². The van der Waals surface area contributed by atoms with Crippen LogP contribution in [-0.2, 0) is 19.6 Å². The van der Waals surface area contributed by atoms with Gasteiger partial charge in [-0.05, 0) is 49.2 Å². The third-order valence-electron chi connectivity index (χ3n) is 6.41. The summed E-state index contributed by atoms with van der Waals surface area (Å²) in [6.45, 7) is 2.27. The van der Waals surface area contributed by atoms with Crippen LogP contribution in [0.4, 0.5) is 11.4 Å². The highest BCUT2D eigenvalue weighted by molar-refractivity contribution is 7.89. The van der Waals surface area contributed by atoms with Gasteiger partial charge in [-0.25, -0.2) is 8.42 Å². The predicted octanol–water partition coefficient (Wildman–Crippen LogP) is 2.62. The van der Waals surface area contributed by atoms with E-state index < -0.39 is 15.9 Å². The van der Waals surface area contributed by atoms with Gasteiger partial charge in [0.2, 0.25) is 21.8 Å². The van der Waals surface area contributed by atoms with Crippen molar-refractivity contribution < 1.29 is 27.5 Å². The van der Waals surface area contributed by atoms with Gasteiger partial charge in [0.05, 0.1) is 10.8 Å². The number of nitrogens with zero attached hydrogens (tertiary/aromatic N) is 2. The Morgan fingerprint density at radius 1 is 0.941 bits per heavy atom. The zero-order valence-corrected chi connectivity index (χ0v) is 19.6. The summed E-state index contributed by atoms with van der Waals surface area (Å²) in [5, 5.41) is 2.81.